The summed E-state index contributed by atoms with van der Waals surface area (Å²) in [5, 5.41) is 39.2. The Morgan fingerprint density at radius 2 is 2.00 bits per heavy atom. The maximum absolute atomic E-state index is 11.0. The molecule has 0 saturated heterocycles. The van der Waals surface area contributed by atoms with Crippen LogP contribution in [0.4, 0.5) is 0 Å². The van der Waals surface area contributed by atoms with Gasteiger partial charge in [-0.3, -0.25) is 4.99 Å². The standard InChI is InChI=1S/C12H17NO6S.2Na/c1-6(15)8(11(16)17)10-13-9(12(18)19)7(20-10)4-2-3-5-14;;/h4,6,8,10,14-15H,2-3,5H2,1H3,(H,16,17)(H,18,19);;/q;2*+1/p-2/b7-4-;;/t6-,8-,10-;;/m1../s1. The monoisotopic (exact) mass is 347 g/mol. The number of aliphatic imine (C=N–C) groups is 1. The molecule has 0 bridgehead atoms. The number of carboxylic acid groups (broad SMARTS) is 2. The molecule has 0 amide bonds. The largest absolute Gasteiger partial charge is 1.00 e. The molecular formula is C12H15NNa2O6S. The normalized spacial score (nSPS) is 21.3. The zero-order valence-corrected chi connectivity index (χ0v) is 17.6. The third-order valence-corrected chi connectivity index (χ3v) is 3.98. The molecule has 1 heterocycles. The van der Waals surface area contributed by atoms with Crippen LogP contribution < -0.4 is 69.3 Å². The predicted octanol–water partition coefficient (Wildman–Crippen LogP) is -8.34. The maximum atomic E-state index is 11.0. The van der Waals surface area contributed by atoms with Crippen molar-refractivity contribution < 1.29 is 89.1 Å². The quantitative estimate of drug-likeness (QED) is 0.345. The zero-order chi connectivity index (χ0) is 15.3. The van der Waals surface area contributed by atoms with Gasteiger partial charge in [0.25, 0.3) is 0 Å². The van der Waals surface area contributed by atoms with Crippen molar-refractivity contribution in [3.05, 3.63) is 11.0 Å². The number of aliphatic hydroxyl groups excluding tert-OH is 2. The number of thioether (sulfide) groups is 1. The minimum Gasteiger partial charge on any atom is -0.550 e. The van der Waals surface area contributed by atoms with Crippen LogP contribution in [0.25, 0.3) is 0 Å². The minimum absolute atomic E-state index is 0. The van der Waals surface area contributed by atoms with Gasteiger partial charge in [0.2, 0.25) is 0 Å². The molecule has 0 unspecified atom stereocenters. The van der Waals surface area contributed by atoms with E-state index in [4.69, 9.17) is 5.11 Å². The second kappa shape index (κ2) is 12.0. The summed E-state index contributed by atoms with van der Waals surface area (Å²) in [7, 11) is 0. The van der Waals surface area contributed by atoms with E-state index in [1.54, 1.807) is 6.08 Å². The van der Waals surface area contributed by atoms with Gasteiger partial charge in [-0.25, -0.2) is 0 Å². The maximum Gasteiger partial charge on any atom is 1.00 e. The number of carbonyl (C=O) groups is 2. The molecule has 0 aliphatic carbocycles. The Kier molecular flexibility index (Phi) is 13.6. The van der Waals surface area contributed by atoms with Crippen LogP contribution in [0, 0.1) is 5.92 Å². The number of carboxylic acids is 2. The minimum atomic E-state index is -1.50. The number of hydrogen-bond acceptors (Lipinski definition) is 8. The molecule has 1 rings (SSSR count). The molecule has 0 aromatic rings. The van der Waals surface area contributed by atoms with E-state index < -0.39 is 29.3 Å². The summed E-state index contributed by atoms with van der Waals surface area (Å²) in [6.07, 6.45) is 1.22. The predicted molar refractivity (Wildman–Crippen MR) is 68.4 cm³/mol. The van der Waals surface area contributed by atoms with Crippen LogP contribution in [0.1, 0.15) is 19.8 Å². The van der Waals surface area contributed by atoms with Gasteiger partial charge in [0.1, 0.15) is 5.37 Å². The van der Waals surface area contributed by atoms with Crippen molar-refractivity contribution in [3.63, 3.8) is 0 Å². The Hall–Kier alpha value is 0.620. The summed E-state index contributed by atoms with van der Waals surface area (Å²) in [5.41, 5.74) is -0.329. The average Bonchev–Trinajstić information content (AvgIpc) is 2.72. The van der Waals surface area contributed by atoms with Gasteiger partial charge >= 0.3 is 59.1 Å². The van der Waals surface area contributed by atoms with Gasteiger partial charge < -0.3 is 30.0 Å². The van der Waals surface area contributed by atoms with E-state index in [2.05, 4.69) is 4.99 Å². The molecule has 0 spiro atoms. The third-order valence-electron chi connectivity index (χ3n) is 2.72. The first-order valence-electron chi connectivity index (χ1n) is 6.04. The molecule has 0 saturated carbocycles. The fraction of sp³-hybridized carbons (Fsp3) is 0.583. The van der Waals surface area contributed by atoms with E-state index in [-0.39, 0.29) is 76.3 Å². The van der Waals surface area contributed by atoms with Gasteiger partial charge in [-0.2, -0.15) is 0 Å². The van der Waals surface area contributed by atoms with E-state index in [0.717, 1.165) is 11.8 Å². The van der Waals surface area contributed by atoms with Gasteiger partial charge in [-0.1, -0.05) is 17.8 Å². The summed E-state index contributed by atoms with van der Waals surface area (Å²) in [6, 6.07) is 0. The molecule has 0 aromatic heterocycles. The molecule has 0 fully saturated rings. The van der Waals surface area contributed by atoms with E-state index >= 15 is 0 Å². The van der Waals surface area contributed by atoms with Crippen LogP contribution in [-0.2, 0) is 9.59 Å². The van der Waals surface area contributed by atoms with E-state index in [0.29, 0.717) is 12.8 Å². The Morgan fingerprint density at radius 1 is 1.41 bits per heavy atom. The van der Waals surface area contributed by atoms with Crippen LogP contribution in [0.3, 0.4) is 0 Å². The molecule has 3 atom stereocenters. The van der Waals surface area contributed by atoms with Gasteiger partial charge in [-0.05, 0) is 19.8 Å². The molecule has 7 nitrogen and oxygen atoms in total. The molecule has 2 N–H and O–H groups in total. The van der Waals surface area contributed by atoms with Crippen molar-refractivity contribution in [2.75, 3.05) is 6.61 Å². The van der Waals surface area contributed by atoms with Gasteiger partial charge in [0.05, 0.1) is 29.7 Å². The fourth-order valence-corrected chi connectivity index (χ4v) is 3.10. The van der Waals surface area contributed by atoms with Gasteiger partial charge in [-0.15, -0.1) is 0 Å². The molecule has 22 heavy (non-hydrogen) atoms. The summed E-state index contributed by atoms with van der Waals surface area (Å²) < 4.78 is 0. The smallest absolute Gasteiger partial charge is 0.550 e. The average molecular weight is 347 g/mol. The van der Waals surface area contributed by atoms with Crippen LogP contribution in [0.2, 0.25) is 0 Å². The van der Waals surface area contributed by atoms with Crippen molar-refractivity contribution in [1.29, 1.82) is 0 Å². The topological polar surface area (TPSA) is 133 Å². The van der Waals surface area contributed by atoms with Crippen LogP contribution >= 0.6 is 11.8 Å². The second-order valence-electron chi connectivity index (χ2n) is 4.29. The number of rotatable bonds is 7. The second-order valence-corrected chi connectivity index (χ2v) is 5.45. The first-order chi connectivity index (χ1) is 9.38. The van der Waals surface area contributed by atoms with Crippen LogP contribution in [0.5, 0.6) is 0 Å². The van der Waals surface area contributed by atoms with Crippen molar-refractivity contribution >= 4 is 29.4 Å². The summed E-state index contributed by atoms with van der Waals surface area (Å²) in [5.74, 6) is -4.30. The number of hydrogen-bond donors (Lipinski definition) is 2. The van der Waals surface area contributed by atoms with Crippen molar-refractivity contribution in [2.24, 2.45) is 10.9 Å². The van der Waals surface area contributed by atoms with Crippen LogP contribution in [-0.4, -0.2) is 45.9 Å². The summed E-state index contributed by atoms with van der Waals surface area (Å²) in [6.45, 7) is 1.24. The summed E-state index contributed by atoms with van der Waals surface area (Å²) >= 11 is 0.936. The molecule has 10 heteroatoms. The third kappa shape index (κ3) is 7.02. The fourth-order valence-electron chi connectivity index (χ4n) is 1.73. The molecule has 112 valence electrons. The van der Waals surface area contributed by atoms with Crippen LogP contribution in [0.15, 0.2) is 16.0 Å². The Bertz CT molecular complexity index is 455. The van der Waals surface area contributed by atoms with Crippen molar-refractivity contribution in [3.8, 4) is 0 Å². The molecule has 0 aromatic carbocycles. The summed E-state index contributed by atoms with van der Waals surface area (Å²) in [4.78, 5) is 26.1. The van der Waals surface area contributed by atoms with E-state index in [9.17, 15) is 24.9 Å². The zero-order valence-electron chi connectivity index (χ0n) is 12.8. The first kappa shape index (κ1) is 24.9. The number of aliphatic hydroxyl groups is 2. The molecule has 0 radical (unpaired) electrons. The molecule has 1 aliphatic rings. The number of carbonyl (C=O) groups excluding carboxylic acids is 2. The van der Waals surface area contributed by atoms with Gasteiger partial charge in [0.15, 0.2) is 0 Å². The van der Waals surface area contributed by atoms with E-state index in [1.165, 1.54) is 6.92 Å². The Balaban J connectivity index is 0. The number of unbranched alkanes of at least 4 members (excludes halogenated alkanes) is 1. The number of allylic oxidation sites excluding steroid dienone is 1. The Morgan fingerprint density at radius 3 is 2.41 bits per heavy atom. The Labute approximate surface area is 176 Å². The van der Waals surface area contributed by atoms with Gasteiger partial charge in [0, 0.05) is 11.5 Å². The molecule has 1 aliphatic heterocycles. The number of nitrogens with zero attached hydrogens (tertiary/aromatic N) is 1. The molecular weight excluding hydrogens is 332 g/mol. The SMILES string of the molecule is C[C@@H](O)[C@@H](C(=O)[O-])[C@@H]1N=C(C(=O)[O-])/C(=C/CCCO)S1.[Na+].[Na+]. The van der Waals surface area contributed by atoms with Crippen molar-refractivity contribution in [1.82, 2.24) is 0 Å². The number of aliphatic carboxylic acids is 2. The van der Waals surface area contributed by atoms with E-state index in [1.807, 2.05) is 0 Å². The van der Waals surface area contributed by atoms with Crippen molar-refractivity contribution in [2.45, 2.75) is 31.2 Å². The first-order valence-corrected chi connectivity index (χ1v) is 6.92.